The van der Waals surface area contributed by atoms with Crippen LogP contribution in [0, 0.1) is 10.2 Å². The molecular formula is C17H21ClN2O4S. The van der Waals surface area contributed by atoms with Crippen molar-refractivity contribution in [3.05, 3.63) is 71.9 Å². The molecule has 0 aliphatic rings. The lowest BCUT2D eigenvalue weighted by Gasteiger charge is -2.17. The Morgan fingerprint density at radius 2 is 1.56 bits per heavy atom. The quantitative estimate of drug-likeness (QED) is 0.576. The molecule has 0 aliphatic carbocycles. The number of rotatable bonds is 6. The van der Waals surface area contributed by atoms with Crippen LogP contribution in [-0.4, -0.2) is 14.1 Å². The predicted molar refractivity (Wildman–Crippen MR) is 87.8 cm³/mol. The van der Waals surface area contributed by atoms with Crippen molar-refractivity contribution in [2.24, 2.45) is 0 Å². The number of aromatic nitrogens is 1. The summed E-state index contributed by atoms with van der Waals surface area (Å²) in [5, 5.41) is 0. The highest BCUT2D eigenvalue weighted by Gasteiger charge is 2.05. The highest BCUT2D eigenvalue weighted by Crippen LogP contribution is 2.19. The highest BCUT2D eigenvalue weighted by atomic mass is 35.7. The molecule has 1 aromatic carbocycles. The summed E-state index contributed by atoms with van der Waals surface area (Å²) in [6, 6.07) is 14.7. The van der Waals surface area contributed by atoms with Crippen molar-refractivity contribution in [1.82, 2.24) is 0 Å². The van der Waals surface area contributed by atoms with E-state index < -0.39 is 10.2 Å². The lowest BCUT2D eigenvalue weighted by molar-refractivity contribution is -2.00. The van der Waals surface area contributed by atoms with Gasteiger partial charge in [-0.25, -0.2) is 23.2 Å². The molecule has 0 amide bonds. The molecule has 0 spiro atoms. The highest BCUT2D eigenvalue weighted by molar-refractivity contribution is 8.02. The van der Waals surface area contributed by atoms with Gasteiger partial charge < -0.3 is 4.90 Å². The van der Waals surface area contributed by atoms with E-state index in [0.717, 1.165) is 12.3 Å². The van der Waals surface area contributed by atoms with Gasteiger partial charge in [0.25, 0.3) is 0 Å². The van der Waals surface area contributed by atoms with Crippen LogP contribution < -0.4 is 28.1 Å². The van der Waals surface area contributed by atoms with E-state index in [0.29, 0.717) is 0 Å². The van der Waals surface area contributed by atoms with Crippen LogP contribution >= 0.6 is 11.8 Å². The molecular weight excluding hydrogens is 364 g/mol. The van der Waals surface area contributed by atoms with Gasteiger partial charge in [0.2, 0.25) is 0 Å². The number of hydrogen-bond donors (Lipinski definition) is 0. The molecule has 0 atom stereocenters. The van der Waals surface area contributed by atoms with Gasteiger partial charge in [0.15, 0.2) is 18.9 Å². The minimum Gasteiger partial charge on any atom is -0.377 e. The van der Waals surface area contributed by atoms with Gasteiger partial charge in [0.05, 0.1) is 0 Å². The summed E-state index contributed by atoms with van der Waals surface area (Å²) in [4.78, 5) is 3.28. The molecule has 2 aromatic rings. The zero-order valence-corrected chi connectivity index (χ0v) is 15.7. The third-order valence-corrected chi connectivity index (χ3v) is 4.05. The Bertz CT molecular complexity index is 640. The molecule has 0 fully saturated rings. The van der Waals surface area contributed by atoms with Crippen LogP contribution in [0.3, 0.4) is 0 Å². The van der Waals surface area contributed by atoms with Crippen molar-refractivity contribution < 1.29 is 33.4 Å². The summed E-state index contributed by atoms with van der Waals surface area (Å²) < 4.78 is 36.1. The van der Waals surface area contributed by atoms with Crippen molar-refractivity contribution in [2.45, 2.75) is 12.3 Å². The molecule has 136 valence electrons. The maximum absolute atomic E-state index is 8.49. The first-order chi connectivity index (χ1) is 11.6. The standard InChI is InChI=1S/C17H21N2S.ClHO4/c1-15(20-14-16-7-5-4-6-8-16)13-19-11-9-17(10-12-19)18(2)3;2-1(3,4)5/h4-12H,1,13-14H2,2-3H3;(H,2,3,4,5)/q+1;/p-1. The Morgan fingerprint density at radius 3 is 2.04 bits per heavy atom. The number of allylic oxidation sites excluding steroid dienone is 1. The zero-order chi connectivity index (χ0) is 18.9. The molecule has 0 saturated carbocycles. The summed E-state index contributed by atoms with van der Waals surface area (Å²) in [5.41, 5.74) is 2.55. The molecule has 0 unspecified atom stereocenters. The first-order valence-electron chi connectivity index (χ1n) is 7.28. The second kappa shape index (κ2) is 10.4. The maximum atomic E-state index is 8.49. The molecule has 0 N–H and O–H groups in total. The fraction of sp³-hybridized carbons (Fsp3) is 0.235. The second-order valence-electron chi connectivity index (χ2n) is 5.31. The number of nitrogens with zero attached hydrogens (tertiary/aromatic N) is 2. The van der Waals surface area contributed by atoms with Crippen LogP contribution in [0.25, 0.3) is 0 Å². The molecule has 25 heavy (non-hydrogen) atoms. The number of halogens is 1. The van der Waals surface area contributed by atoms with Crippen LogP contribution in [0.2, 0.25) is 0 Å². The predicted octanol–water partition coefficient (Wildman–Crippen LogP) is -1.27. The topological polar surface area (TPSA) is 99.4 Å². The lowest BCUT2D eigenvalue weighted by Crippen LogP contribution is -2.68. The van der Waals surface area contributed by atoms with E-state index >= 15 is 0 Å². The third-order valence-electron chi connectivity index (χ3n) is 3.03. The molecule has 6 nitrogen and oxygen atoms in total. The fourth-order valence-corrected chi connectivity index (χ4v) is 2.67. The average Bonchev–Trinajstić information content (AvgIpc) is 2.53. The summed E-state index contributed by atoms with van der Waals surface area (Å²) in [7, 11) is -0.845. The Balaban J connectivity index is 0.000000550. The van der Waals surface area contributed by atoms with Crippen molar-refractivity contribution in [1.29, 1.82) is 0 Å². The van der Waals surface area contributed by atoms with E-state index in [1.165, 1.54) is 16.2 Å². The molecule has 2 rings (SSSR count). The van der Waals surface area contributed by atoms with Gasteiger partial charge in [0.1, 0.15) is 0 Å². The van der Waals surface area contributed by atoms with E-state index in [4.69, 9.17) is 18.6 Å². The van der Waals surface area contributed by atoms with Crippen LogP contribution in [0.5, 0.6) is 0 Å². The van der Waals surface area contributed by atoms with Gasteiger partial charge in [-0.2, -0.15) is 0 Å². The van der Waals surface area contributed by atoms with Gasteiger partial charge in [-0.1, -0.05) is 36.9 Å². The maximum Gasteiger partial charge on any atom is 0.179 e. The smallest absolute Gasteiger partial charge is 0.179 e. The Labute approximate surface area is 154 Å². The van der Waals surface area contributed by atoms with Crippen LogP contribution in [0.15, 0.2) is 66.3 Å². The largest absolute Gasteiger partial charge is 0.377 e. The fourth-order valence-electron chi connectivity index (χ4n) is 1.86. The SMILES string of the molecule is C=C(C[n+]1ccc(N(C)C)cc1)SCc1ccccc1.[O-][Cl+3]([O-])([O-])[O-]. The Morgan fingerprint density at radius 1 is 1.04 bits per heavy atom. The van der Waals surface area contributed by atoms with Crippen LogP contribution in [0.1, 0.15) is 5.56 Å². The minimum atomic E-state index is -4.94. The second-order valence-corrected chi connectivity index (χ2v) is 7.22. The summed E-state index contributed by atoms with van der Waals surface area (Å²) >= 11 is 1.81. The zero-order valence-electron chi connectivity index (χ0n) is 14.1. The summed E-state index contributed by atoms with van der Waals surface area (Å²) in [6.45, 7) is 5.01. The lowest BCUT2D eigenvalue weighted by atomic mass is 10.2. The Hall–Kier alpha value is -1.61. The molecule has 0 radical (unpaired) electrons. The molecule has 0 aliphatic heterocycles. The van der Waals surface area contributed by atoms with Crippen molar-refractivity contribution in [3.63, 3.8) is 0 Å². The molecule has 1 heterocycles. The van der Waals surface area contributed by atoms with Gasteiger partial charge >= 0.3 is 0 Å². The average molecular weight is 385 g/mol. The summed E-state index contributed by atoms with van der Waals surface area (Å²) in [6.07, 6.45) is 4.20. The normalized spacial score (nSPS) is 10.6. The minimum absolute atomic E-state index is 0.852. The van der Waals surface area contributed by atoms with Crippen LogP contribution in [0.4, 0.5) is 5.69 Å². The van der Waals surface area contributed by atoms with E-state index in [1.54, 1.807) is 0 Å². The van der Waals surface area contributed by atoms with Gasteiger partial charge in [-0.3, -0.25) is 0 Å². The number of anilines is 1. The molecule has 0 bridgehead atoms. The first-order valence-corrected chi connectivity index (χ1v) is 9.50. The van der Waals surface area contributed by atoms with E-state index in [-0.39, 0.29) is 0 Å². The number of thioether (sulfide) groups is 1. The van der Waals surface area contributed by atoms with Gasteiger partial charge in [-0.05, 0) is 5.56 Å². The summed E-state index contributed by atoms with van der Waals surface area (Å²) in [5.74, 6) is 0.982. The van der Waals surface area contributed by atoms with Crippen molar-refractivity contribution in [3.8, 4) is 0 Å². The molecule has 1 aromatic heterocycles. The van der Waals surface area contributed by atoms with E-state index in [2.05, 4.69) is 64.8 Å². The van der Waals surface area contributed by atoms with Gasteiger partial charge in [0, 0.05) is 42.6 Å². The van der Waals surface area contributed by atoms with Crippen LogP contribution in [-0.2, 0) is 12.3 Å². The third kappa shape index (κ3) is 10.8. The Kier molecular flexibility index (Phi) is 8.91. The number of pyridine rings is 1. The number of benzene rings is 1. The molecule has 8 heteroatoms. The van der Waals surface area contributed by atoms with E-state index in [1.807, 2.05) is 31.9 Å². The van der Waals surface area contributed by atoms with Crippen molar-refractivity contribution >= 4 is 17.4 Å². The van der Waals surface area contributed by atoms with Gasteiger partial charge in [-0.15, -0.1) is 22.0 Å². The van der Waals surface area contributed by atoms with E-state index in [9.17, 15) is 0 Å². The first kappa shape index (κ1) is 21.4. The van der Waals surface area contributed by atoms with Crippen molar-refractivity contribution in [2.75, 3.05) is 19.0 Å². The molecule has 0 saturated heterocycles. The number of hydrogen-bond acceptors (Lipinski definition) is 6. The monoisotopic (exact) mass is 384 g/mol.